The summed E-state index contributed by atoms with van der Waals surface area (Å²) in [4.78, 5) is 0. The maximum absolute atomic E-state index is 14.7. The number of hydrogen-bond donors (Lipinski definition) is 1. The van der Waals surface area contributed by atoms with Crippen molar-refractivity contribution in [3.63, 3.8) is 0 Å². The first-order chi connectivity index (χ1) is 12.9. The lowest BCUT2D eigenvalue weighted by atomic mass is 9.95. The molecule has 0 fully saturated rings. The molecule has 0 heterocycles. The highest BCUT2D eigenvalue weighted by Crippen LogP contribution is 2.32. The fourth-order valence-corrected chi connectivity index (χ4v) is 5.01. The lowest BCUT2D eigenvalue weighted by Gasteiger charge is -2.36. The molecule has 0 aliphatic carbocycles. The number of halogens is 1. The summed E-state index contributed by atoms with van der Waals surface area (Å²) >= 11 is 0. The molecule has 3 unspecified atom stereocenters. The molecule has 0 amide bonds. The van der Waals surface area contributed by atoms with E-state index in [0.29, 0.717) is 0 Å². The van der Waals surface area contributed by atoms with E-state index in [1.54, 1.807) is 26.8 Å². The quantitative estimate of drug-likeness (QED) is 0.788. The second-order valence-corrected chi connectivity index (χ2v) is 12.5. The van der Waals surface area contributed by atoms with Crippen molar-refractivity contribution < 1.29 is 16.9 Å². The van der Waals surface area contributed by atoms with Crippen LogP contribution in [0.1, 0.15) is 51.2 Å². The lowest BCUT2D eigenvalue weighted by molar-refractivity contribution is 0.456. The molecule has 26 heavy (non-hydrogen) atoms. The van der Waals surface area contributed by atoms with Crippen LogP contribution in [0, 0.1) is 17.1 Å². The van der Waals surface area contributed by atoms with E-state index < -0.39 is 54.3 Å². The van der Waals surface area contributed by atoms with E-state index in [1.807, 2.05) is 6.07 Å². The highest BCUT2D eigenvalue weighted by Gasteiger charge is 2.42. The number of nitrogens with one attached hydrogen (secondary N) is 1. The van der Waals surface area contributed by atoms with Crippen LogP contribution in [0.25, 0.3) is 0 Å². The number of rotatable bonds is 6. The number of nitrogens with zero attached hydrogens (tertiary/aromatic N) is 2. The molecular weight excluding hydrogens is 373 g/mol. The van der Waals surface area contributed by atoms with Crippen molar-refractivity contribution >= 4 is 20.7 Å². The summed E-state index contributed by atoms with van der Waals surface area (Å²) < 4.78 is 67.7. The Hall–Kier alpha value is -1.30. The van der Waals surface area contributed by atoms with E-state index in [9.17, 15) is 18.1 Å². The van der Waals surface area contributed by atoms with Crippen LogP contribution in [-0.2, 0) is 26.3 Å². The zero-order valence-electron chi connectivity index (χ0n) is 18.9. The Kier molecular flexibility index (Phi) is 5.39. The molecule has 0 saturated heterocycles. The van der Waals surface area contributed by atoms with Gasteiger partial charge in [-0.3, -0.25) is 0 Å². The van der Waals surface area contributed by atoms with Gasteiger partial charge in [0.15, 0.2) is 0 Å². The third-order valence-electron chi connectivity index (χ3n) is 4.04. The van der Waals surface area contributed by atoms with E-state index in [1.165, 1.54) is 39.0 Å². The summed E-state index contributed by atoms with van der Waals surface area (Å²) in [6.45, 7) is 6.34. The van der Waals surface area contributed by atoms with Crippen molar-refractivity contribution in [2.45, 2.75) is 56.6 Å². The van der Waals surface area contributed by atoms with Crippen molar-refractivity contribution in [3.8, 4) is 6.07 Å². The summed E-state index contributed by atoms with van der Waals surface area (Å²) in [5.74, 6) is -1.17. The standard InChI is InChI=1S/C18H28FN3O2S2/c1-16(2,3)25(23)22-18(6,14-10-8-9-11-15(14)19)13-26(24,21-7)17(4,5)12-20/h8-11,22H,13H2,1-7H3/i7D3. The monoisotopic (exact) mass is 404 g/mol. The Morgan fingerprint density at radius 3 is 2.35 bits per heavy atom. The molecule has 0 radical (unpaired) electrons. The first kappa shape index (κ1) is 18.1. The SMILES string of the molecule is [2H]C([2H])([2H])N=S(=O)(CC(C)(NS(=O)C(C)(C)C)c1ccccc1F)C(C)(C)C#N. The zero-order chi connectivity index (χ0) is 22.9. The second-order valence-electron chi connectivity index (χ2n) is 7.79. The molecule has 0 aliphatic rings. The molecule has 0 aliphatic heterocycles. The molecule has 0 bridgehead atoms. The molecule has 1 rings (SSSR count). The first-order valence-electron chi connectivity index (χ1n) is 9.48. The molecule has 1 N–H and O–H groups in total. The third kappa shape index (κ3) is 4.70. The highest BCUT2D eigenvalue weighted by atomic mass is 32.2. The van der Waals surface area contributed by atoms with Crippen molar-refractivity contribution in [2.75, 3.05) is 12.7 Å². The first-order valence-corrected chi connectivity index (χ1v) is 10.8. The second kappa shape index (κ2) is 7.75. The van der Waals surface area contributed by atoms with Crippen LogP contribution in [0.2, 0.25) is 0 Å². The topological polar surface area (TPSA) is 82.3 Å². The molecule has 8 heteroatoms. The predicted molar refractivity (Wildman–Crippen MR) is 106 cm³/mol. The van der Waals surface area contributed by atoms with Crippen molar-refractivity contribution in [2.24, 2.45) is 4.36 Å². The normalized spacial score (nSPS) is 20.5. The Morgan fingerprint density at radius 2 is 1.88 bits per heavy atom. The van der Waals surface area contributed by atoms with Crippen molar-refractivity contribution in [1.29, 1.82) is 5.26 Å². The van der Waals surface area contributed by atoms with Crippen LogP contribution in [0.3, 0.4) is 0 Å². The Morgan fingerprint density at radius 1 is 1.31 bits per heavy atom. The van der Waals surface area contributed by atoms with Crippen molar-refractivity contribution in [1.82, 2.24) is 4.72 Å². The van der Waals surface area contributed by atoms with Gasteiger partial charge in [-0.15, -0.1) is 0 Å². The summed E-state index contributed by atoms with van der Waals surface area (Å²) in [6, 6.07) is 7.54. The molecule has 1 aromatic rings. The minimum atomic E-state index is -3.75. The zero-order valence-corrected chi connectivity index (χ0v) is 17.6. The fraction of sp³-hybridized carbons (Fsp3) is 0.611. The molecule has 3 atom stereocenters. The maximum atomic E-state index is 14.7. The Bertz CT molecular complexity index is 943. The minimum absolute atomic E-state index is 0.0554. The average Bonchev–Trinajstić information content (AvgIpc) is 2.51. The molecule has 0 saturated carbocycles. The number of hydrogen-bond acceptors (Lipinski definition) is 4. The van der Waals surface area contributed by atoms with Gasteiger partial charge in [0.25, 0.3) is 0 Å². The van der Waals surface area contributed by atoms with Gasteiger partial charge in [-0.25, -0.2) is 21.9 Å². The molecular formula is C18H28FN3O2S2. The van der Waals surface area contributed by atoms with Crippen LogP contribution in [0.4, 0.5) is 4.39 Å². The van der Waals surface area contributed by atoms with Crippen LogP contribution in [-0.4, -0.2) is 30.6 Å². The summed E-state index contributed by atoms with van der Waals surface area (Å²) in [5, 5.41) is 9.53. The van der Waals surface area contributed by atoms with Crippen LogP contribution >= 0.6 is 0 Å². The smallest absolute Gasteiger partial charge is 0.135 e. The fourth-order valence-electron chi connectivity index (χ4n) is 2.22. The maximum Gasteiger partial charge on any atom is 0.135 e. The van der Waals surface area contributed by atoms with Crippen LogP contribution in [0.5, 0.6) is 0 Å². The minimum Gasteiger partial charge on any atom is -0.248 e. The van der Waals surface area contributed by atoms with Gasteiger partial charge in [0.05, 0.1) is 42.8 Å². The van der Waals surface area contributed by atoms with E-state index in [2.05, 4.69) is 9.08 Å². The van der Waals surface area contributed by atoms with Gasteiger partial charge in [-0.2, -0.15) is 5.26 Å². The summed E-state index contributed by atoms with van der Waals surface area (Å²) in [5.41, 5.74) is -1.47. The highest BCUT2D eigenvalue weighted by molar-refractivity contribution is 7.95. The van der Waals surface area contributed by atoms with Gasteiger partial charge < -0.3 is 0 Å². The van der Waals surface area contributed by atoms with E-state index in [4.69, 9.17) is 4.11 Å². The number of nitriles is 1. The van der Waals surface area contributed by atoms with Gasteiger partial charge in [-0.05, 0) is 47.6 Å². The average molecular weight is 405 g/mol. The lowest BCUT2D eigenvalue weighted by Crippen LogP contribution is -2.52. The molecule has 5 nitrogen and oxygen atoms in total. The number of benzene rings is 1. The van der Waals surface area contributed by atoms with Gasteiger partial charge in [-0.1, -0.05) is 18.2 Å². The Labute approximate surface area is 163 Å². The Balaban J connectivity index is 3.77. The molecule has 0 spiro atoms. The summed E-state index contributed by atoms with van der Waals surface area (Å²) in [6.07, 6.45) is 0. The summed E-state index contributed by atoms with van der Waals surface area (Å²) in [7, 11) is -5.46. The third-order valence-corrected chi connectivity index (χ3v) is 8.74. The van der Waals surface area contributed by atoms with Gasteiger partial charge in [0.1, 0.15) is 10.6 Å². The van der Waals surface area contributed by atoms with Gasteiger partial charge in [0.2, 0.25) is 0 Å². The van der Waals surface area contributed by atoms with Crippen LogP contribution in [0.15, 0.2) is 28.6 Å². The predicted octanol–water partition coefficient (Wildman–Crippen LogP) is 3.49. The molecule has 146 valence electrons. The van der Waals surface area contributed by atoms with Crippen molar-refractivity contribution in [3.05, 3.63) is 35.6 Å². The molecule has 0 aromatic heterocycles. The largest absolute Gasteiger partial charge is 0.248 e. The van der Waals surface area contributed by atoms with E-state index in [0.717, 1.165) is 0 Å². The van der Waals surface area contributed by atoms with Gasteiger partial charge >= 0.3 is 0 Å². The van der Waals surface area contributed by atoms with Crippen LogP contribution < -0.4 is 4.72 Å². The van der Waals surface area contributed by atoms with Gasteiger partial charge in [0, 0.05) is 16.7 Å². The molecule has 1 aromatic carbocycles. The van der Waals surface area contributed by atoms with E-state index >= 15 is 0 Å². The van der Waals surface area contributed by atoms with E-state index in [-0.39, 0.29) is 5.56 Å².